The second-order valence-electron chi connectivity index (χ2n) is 5.69. The Hall–Kier alpha value is -0.610. The highest BCUT2D eigenvalue weighted by Gasteiger charge is 2.14. The number of benzene rings is 1. The molecule has 2 nitrogen and oxygen atoms in total. The highest BCUT2D eigenvalue weighted by atomic mass is 32.2. The third-order valence-corrected chi connectivity index (χ3v) is 5.14. The molecule has 0 spiro atoms. The zero-order chi connectivity index (χ0) is 15.0. The Labute approximate surface area is 131 Å². The number of carbonyl (C=O) groups excluding carboxylic acids is 1. The van der Waals surface area contributed by atoms with Crippen molar-refractivity contribution in [1.29, 1.82) is 0 Å². The molecule has 0 fully saturated rings. The Morgan fingerprint density at radius 2 is 1.90 bits per heavy atom. The zero-order valence-corrected chi connectivity index (χ0v) is 14.4. The fraction of sp³-hybridized carbons (Fsp3) is 0.562. The lowest BCUT2D eigenvalue weighted by molar-refractivity contribution is -0.120. The van der Waals surface area contributed by atoms with Gasteiger partial charge in [-0.05, 0) is 12.5 Å². The van der Waals surface area contributed by atoms with Gasteiger partial charge in [-0.25, -0.2) is 0 Å². The summed E-state index contributed by atoms with van der Waals surface area (Å²) in [5.74, 6) is 1.98. The highest BCUT2D eigenvalue weighted by molar-refractivity contribution is 8.00. The van der Waals surface area contributed by atoms with E-state index >= 15 is 0 Å². The molecule has 0 aliphatic heterocycles. The highest BCUT2D eigenvalue weighted by Crippen LogP contribution is 2.22. The average molecular weight is 312 g/mol. The van der Waals surface area contributed by atoms with Crippen molar-refractivity contribution in [3.8, 4) is 0 Å². The standard InChI is InChI=1S/C16H25NOS2/c1-13(19-12-14-8-6-5-7-9-14)15(18)17-10-11-20-16(2,3)4/h5-9,13H,10-12H2,1-4H3,(H,17,18)/t13-/m1/s1. The molecule has 1 amide bonds. The van der Waals surface area contributed by atoms with E-state index in [-0.39, 0.29) is 15.9 Å². The van der Waals surface area contributed by atoms with Gasteiger partial charge in [0, 0.05) is 22.8 Å². The smallest absolute Gasteiger partial charge is 0.232 e. The number of hydrogen-bond acceptors (Lipinski definition) is 3. The first-order valence-corrected chi connectivity index (χ1v) is 8.99. The van der Waals surface area contributed by atoms with E-state index in [1.165, 1.54) is 5.56 Å². The van der Waals surface area contributed by atoms with Gasteiger partial charge in [-0.2, -0.15) is 11.8 Å². The molecule has 1 N–H and O–H groups in total. The van der Waals surface area contributed by atoms with Crippen LogP contribution in [0.5, 0.6) is 0 Å². The van der Waals surface area contributed by atoms with Crippen LogP contribution in [-0.2, 0) is 10.5 Å². The van der Waals surface area contributed by atoms with Crippen LogP contribution < -0.4 is 5.32 Å². The fourth-order valence-corrected chi connectivity index (χ4v) is 3.23. The molecule has 0 saturated heterocycles. The maximum Gasteiger partial charge on any atom is 0.232 e. The largest absolute Gasteiger partial charge is 0.354 e. The topological polar surface area (TPSA) is 29.1 Å². The van der Waals surface area contributed by atoms with Gasteiger partial charge in [0.15, 0.2) is 0 Å². The first-order chi connectivity index (χ1) is 9.38. The molecule has 0 bridgehead atoms. The summed E-state index contributed by atoms with van der Waals surface area (Å²) in [7, 11) is 0. The molecule has 0 saturated carbocycles. The second kappa shape index (κ2) is 8.63. The first kappa shape index (κ1) is 17.4. The van der Waals surface area contributed by atoms with Gasteiger partial charge in [0.05, 0.1) is 5.25 Å². The van der Waals surface area contributed by atoms with Crippen LogP contribution in [0.1, 0.15) is 33.3 Å². The molecule has 1 aromatic carbocycles. The Bertz CT molecular complexity index is 401. The van der Waals surface area contributed by atoms with Crippen molar-refractivity contribution in [3.63, 3.8) is 0 Å². The van der Waals surface area contributed by atoms with E-state index in [1.54, 1.807) is 11.8 Å². The molecule has 0 unspecified atom stereocenters. The average Bonchev–Trinajstić information content (AvgIpc) is 2.40. The van der Waals surface area contributed by atoms with Crippen molar-refractivity contribution in [3.05, 3.63) is 35.9 Å². The molecule has 1 atom stereocenters. The van der Waals surface area contributed by atoms with E-state index in [4.69, 9.17) is 0 Å². The predicted octanol–water partition coefficient (Wildman–Crippen LogP) is 3.96. The first-order valence-electron chi connectivity index (χ1n) is 6.96. The summed E-state index contributed by atoms with van der Waals surface area (Å²) in [6.07, 6.45) is 0. The van der Waals surface area contributed by atoms with Crippen LogP contribution in [0.4, 0.5) is 0 Å². The third-order valence-electron chi connectivity index (χ3n) is 2.65. The summed E-state index contributed by atoms with van der Waals surface area (Å²) in [6.45, 7) is 9.30. The van der Waals surface area contributed by atoms with Crippen molar-refractivity contribution in [2.45, 2.75) is 43.4 Å². The summed E-state index contributed by atoms with van der Waals surface area (Å²) in [5, 5.41) is 3.01. The van der Waals surface area contributed by atoms with Gasteiger partial charge in [0.25, 0.3) is 0 Å². The van der Waals surface area contributed by atoms with Crippen LogP contribution >= 0.6 is 23.5 Å². The number of carbonyl (C=O) groups is 1. The second-order valence-corrected chi connectivity index (χ2v) is 8.94. The number of hydrogen-bond donors (Lipinski definition) is 1. The van der Waals surface area contributed by atoms with E-state index in [1.807, 2.05) is 36.9 Å². The van der Waals surface area contributed by atoms with Crippen LogP contribution in [-0.4, -0.2) is 28.2 Å². The molecule has 1 rings (SSSR count). The molecule has 4 heteroatoms. The van der Waals surface area contributed by atoms with E-state index in [0.29, 0.717) is 0 Å². The van der Waals surface area contributed by atoms with Gasteiger partial charge in [0.1, 0.15) is 0 Å². The molecule has 112 valence electrons. The molecule has 0 aliphatic carbocycles. The van der Waals surface area contributed by atoms with Gasteiger partial charge < -0.3 is 5.32 Å². The lowest BCUT2D eigenvalue weighted by Gasteiger charge is -2.18. The molecule has 0 heterocycles. The minimum absolute atomic E-state index is 0.00478. The Morgan fingerprint density at radius 3 is 2.50 bits per heavy atom. The quantitative estimate of drug-likeness (QED) is 0.773. The van der Waals surface area contributed by atoms with Crippen LogP contribution in [0.15, 0.2) is 30.3 Å². The number of thioether (sulfide) groups is 2. The minimum Gasteiger partial charge on any atom is -0.354 e. The Morgan fingerprint density at radius 1 is 1.25 bits per heavy atom. The lowest BCUT2D eigenvalue weighted by atomic mass is 10.2. The summed E-state index contributed by atoms with van der Waals surface area (Å²) < 4.78 is 0.262. The van der Waals surface area contributed by atoms with Crippen molar-refractivity contribution in [1.82, 2.24) is 5.32 Å². The lowest BCUT2D eigenvalue weighted by Crippen LogP contribution is -2.33. The van der Waals surface area contributed by atoms with Gasteiger partial charge >= 0.3 is 0 Å². The fourth-order valence-electron chi connectivity index (χ4n) is 1.55. The van der Waals surface area contributed by atoms with Crippen molar-refractivity contribution >= 4 is 29.4 Å². The molecule has 20 heavy (non-hydrogen) atoms. The summed E-state index contributed by atoms with van der Waals surface area (Å²) in [6, 6.07) is 10.3. The minimum atomic E-state index is -0.00478. The summed E-state index contributed by atoms with van der Waals surface area (Å²) in [4.78, 5) is 11.9. The monoisotopic (exact) mass is 311 g/mol. The van der Waals surface area contributed by atoms with E-state index in [2.05, 4.69) is 38.2 Å². The maximum atomic E-state index is 11.9. The molecular weight excluding hydrogens is 286 g/mol. The van der Waals surface area contributed by atoms with E-state index < -0.39 is 0 Å². The van der Waals surface area contributed by atoms with E-state index in [9.17, 15) is 4.79 Å². The number of amides is 1. The van der Waals surface area contributed by atoms with Gasteiger partial charge in [-0.3, -0.25) is 4.79 Å². The van der Waals surface area contributed by atoms with Crippen LogP contribution in [0.25, 0.3) is 0 Å². The zero-order valence-electron chi connectivity index (χ0n) is 12.8. The SMILES string of the molecule is C[C@@H](SCc1ccccc1)C(=O)NCCSC(C)(C)C. The maximum absolute atomic E-state index is 11.9. The van der Waals surface area contributed by atoms with Crippen molar-refractivity contribution in [2.75, 3.05) is 12.3 Å². The van der Waals surface area contributed by atoms with Gasteiger partial charge in [-0.15, -0.1) is 11.8 Å². The molecule has 0 radical (unpaired) electrons. The Kier molecular flexibility index (Phi) is 7.52. The van der Waals surface area contributed by atoms with Crippen molar-refractivity contribution < 1.29 is 4.79 Å². The van der Waals surface area contributed by atoms with Gasteiger partial charge in [0.2, 0.25) is 5.91 Å². The normalized spacial score (nSPS) is 13.0. The van der Waals surface area contributed by atoms with Crippen LogP contribution in [0.3, 0.4) is 0 Å². The summed E-state index contributed by atoms with van der Waals surface area (Å²) in [5.41, 5.74) is 1.26. The molecule has 0 aliphatic rings. The molecular formula is C16H25NOS2. The van der Waals surface area contributed by atoms with Crippen LogP contribution in [0.2, 0.25) is 0 Å². The van der Waals surface area contributed by atoms with Gasteiger partial charge in [-0.1, -0.05) is 51.1 Å². The summed E-state index contributed by atoms with van der Waals surface area (Å²) >= 11 is 3.56. The Balaban J connectivity index is 2.19. The van der Waals surface area contributed by atoms with Crippen molar-refractivity contribution in [2.24, 2.45) is 0 Å². The number of rotatable bonds is 7. The number of nitrogens with one attached hydrogen (secondary N) is 1. The van der Waals surface area contributed by atoms with Crippen LogP contribution in [0, 0.1) is 0 Å². The third kappa shape index (κ3) is 7.85. The predicted molar refractivity (Wildman–Crippen MR) is 92.4 cm³/mol. The molecule has 1 aromatic rings. The van der Waals surface area contributed by atoms with E-state index in [0.717, 1.165) is 18.1 Å². The molecule has 0 aromatic heterocycles.